The second-order valence-electron chi connectivity index (χ2n) is 7.68. The Morgan fingerprint density at radius 2 is 2.00 bits per heavy atom. The Morgan fingerprint density at radius 1 is 1.19 bits per heavy atom. The van der Waals surface area contributed by atoms with E-state index in [0.717, 1.165) is 30.2 Å². The number of likely N-dealkylation sites (N-methyl/N-ethyl adjacent to an activating group) is 1. The third-order valence-corrected chi connectivity index (χ3v) is 6.47. The summed E-state index contributed by atoms with van der Waals surface area (Å²) in [4.78, 5) is 11.3. The Labute approximate surface area is 158 Å². The van der Waals surface area contributed by atoms with Crippen LogP contribution in [0.4, 0.5) is 0 Å². The molecule has 5 rings (SSSR count). The first-order valence-corrected chi connectivity index (χ1v) is 9.79. The molecule has 0 aliphatic carbocycles. The smallest absolute Gasteiger partial charge is 0.125 e. The van der Waals surface area contributed by atoms with Crippen LogP contribution in [0.5, 0.6) is 0 Å². The van der Waals surface area contributed by atoms with Crippen LogP contribution in [0, 0.1) is 6.92 Å². The van der Waals surface area contributed by atoms with Gasteiger partial charge in [-0.15, -0.1) is 0 Å². The minimum Gasteiger partial charge on any atom is -0.344 e. The predicted molar refractivity (Wildman–Crippen MR) is 105 cm³/mol. The van der Waals surface area contributed by atoms with Crippen molar-refractivity contribution < 1.29 is 0 Å². The van der Waals surface area contributed by atoms with Crippen molar-refractivity contribution in [1.29, 1.82) is 0 Å². The highest BCUT2D eigenvalue weighted by molar-refractivity contribution is 6.31. The lowest BCUT2D eigenvalue weighted by Gasteiger charge is -2.32. The van der Waals surface area contributed by atoms with Crippen LogP contribution in [-0.4, -0.2) is 32.5 Å². The van der Waals surface area contributed by atoms with Crippen molar-refractivity contribution in [2.24, 2.45) is 0 Å². The van der Waals surface area contributed by atoms with Crippen LogP contribution in [0.2, 0.25) is 5.02 Å². The summed E-state index contributed by atoms with van der Waals surface area (Å²) < 4.78 is 2.53. The molecule has 0 N–H and O–H groups in total. The van der Waals surface area contributed by atoms with E-state index in [0.29, 0.717) is 12.1 Å². The lowest BCUT2D eigenvalue weighted by Crippen LogP contribution is -2.34. The highest BCUT2D eigenvalue weighted by atomic mass is 35.5. The zero-order valence-corrected chi connectivity index (χ0v) is 16.0. The molecule has 26 heavy (non-hydrogen) atoms. The van der Waals surface area contributed by atoms with Crippen molar-refractivity contribution in [3.8, 4) is 0 Å². The lowest BCUT2D eigenvalue weighted by atomic mass is 9.97. The quantitative estimate of drug-likeness (QED) is 0.692. The van der Waals surface area contributed by atoms with Crippen molar-refractivity contribution in [1.82, 2.24) is 19.4 Å². The normalized spacial score (nSPS) is 22.1. The van der Waals surface area contributed by atoms with E-state index in [4.69, 9.17) is 11.6 Å². The number of hydrogen-bond acceptors (Lipinski definition) is 3. The molecular formula is C21H23ClN4. The summed E-state index contributed by atoms with van der Waals surface area (Å²) in [5.74, 6) is 0.826. The van der Waals surface area contributed by atoms with E-state index in [2.05, 4.69) is 38.6 Å². The van der Waals surface area contributed by atoms with Gasteiger partial charge in [0.05, 0.1) is 0 Å². The molecule has 5 heteroatoms. The standard InChI is InChI=1S/C21H23ClN4/c1-13-23-11-14(12-24-13)7-8-26-18-5-3-15(22)9-17(18)21-19-6-4-16(25(19)2)10-20(21)26/h3,5,9,11-12,16,19H,4,6-8,10H2,1-2H3. The molecule has 2 aliphatic rings. The number of fused-ring (bicyclic) bond motifs is 6. The van der Waals surface area contributed by atoms with E-state index < -0.39 is 0 Å². The zero-order chi connectivity index (χ0) is 17.8. The number of aromatic nitrogens is 3. The monoisotopic (exact) mass is 366 g/mol. The first-order chi connectivity index (χ1) is 12.6. The molecule has 0 amide bonds. The topological polar surface area (TPSA) is 34.0 Å². The van der Waals surface area contributed by atoms with Gasteiger partial charge >= 0.3 is 0 Å². The summed E-state index contributed by atoms with van der Waals surface area (Å²) in [7, 11) is 2.28. The summed E-state index contributed by atoms with van der Waals surface area (Å²) in [6, 6.07) is 7.58. The maximum Gasteiger partial charge on any atom is 0.125 e. The van der Waals surface area contributed by atoms with Crippen molar-refractivity contribution >= 4 is 22.5 Å². The fourth-order valence-corrected chi connectivity index (χ4v) is 5.04. The second-order valence-corrected chi connectivity index (χ2v) is 8.12. The first kappa shape index (κ1) is 16.3. The van der Waals surface area contributed by atoms with Crippen LogP contribution in [0.15, 0.2) is 30.6 Å². The zero-order valence-electron chi connectivity index (χ0n) is 15.2. The summed E-state index contributed by atoms with van der Waals surface area (Å²) in [6.45, 7) is 2.89. The van der Waals surface area contributed by atoms with E-state index in [1.165, 1.54) is 40.6 Å². The molecule has 3 aromatic rings. The molecule has 1 fully saturated rings. The summed E-state index contributed by atoms with van der Waals surface area (Å²) in [6.07, 6.45) is 8.54. The van der Waals surface area contributed by atoms with Gasteiger partial charge in [-0.25, -0.2) is 9.97 Å². The van der Waals surface area contributed by atoms with Gasteiger partial charge in [0.15, 0.2) is 0 Å². The number of benzene rings is 1. The molecule has 2 aromatic heterocycles. The minimum absolute atomic E-state index is 0.536. The molecule has 1 saturated heterocycles. The van der Waals surface area contributed by atoms with E-state index in [1.54, 1.807) is 0 Å². The van der Waals surface area contributed by atoms with Gasteiger partial charge < -0.3 is 4.57 Å². The van der Waals surface area contributed by atoms with Gasteiger partial charge in [-0.2, -0.15) is 0 Å². The van der Waals surface area contributed by atoms with E-state index in [1.807, 2.05) is 25.4 Å². The van der Waals surface area contributed by atoms with Crippen LogP contribution < -0.4 is 0 Å². The molecule has 134 valence electrons. The SMILES string of the molecule is Cc1ncc(CCn2c3c(c4cc(Cl)ccc42)C2CCC(C3)N2C)cn1. The largest absolute Gasteiger partial charge is 0.344 e. The number of halogens is 1. The molecule has 2 unspecified atom stereocenters. The minimum atomic E-state index is 0.536. The van der Waals surface area contributed by atoms with Crippen molar-refractivity contribution in [3.05, 3.63) is 58.3 Å². The fourth-order valence-electron chi connectivity index (χ4n) is 4.87. The molecular weight excluding hydrogens is 344 g/mol. The van der Waals surface area contributed by atoms with Crippen molar-refractivity contribution in [2.45, 2.75) is 51.2 Å². The van der Waals surface area contributed by atoms with Crippen LogP contribution in [0.1, 0.15) is 41.5 Å². The Bertz CT molecular complexity index is 976. The molecule has 1 aromatic carbocycles. The van der Waals surface area contributed by atoms with Crippen LogP contribution in [-0.2, 0) is 19.4 Å². The van der Waals surface area contributed by atoms with Crippen LogP contribution in [0.3, 0.4) is 0 Å². The van der Waals surface area contributed by atoms with Gasteiger partial charge in [-0.05, 0) is 62.6 Å². The Kier molecular flexibility index (Phi) is 3.80. The predicted octanol–water partition coefficient (Wildman–Crippen LogP) is 4.33. The number of rotatable bonds is 3. The molecule has 2 bridgehead atoms. The van der Waals surface area contributed by atoms with Gasteiger partial charge in [0.2, 0.25) is 0 Å². The molecule has 4 heterocycles. The maximum atomic E-state index is 6.36. The van der Waals surface area contributed by atoms with Gasteiger partial charge in [-0.1, -0.05) is 11.6 Å². The van der Waals surface area contributed by atoms with E-state index in [-0.39, 0.29) is 0 Å². The van der Waals surface area contributed by atoms with E-state index >= 15 is 0 Å². The average Bonchev–Trinajstić information content (AvgIpc) is 3.04. The van der Waals surface area contributed by atoms with Crippen molar-refractivity contribution in [3.63, 3.8) is 0 Å². The lowest BCUT2D eigenvalue weighted by molar-refractivity contribution is 0.222. The van der Waals surface area contributed by atoms with Gasteiger partial charge in [0.1, 0.15) is 5.82 Å². The number of hydrogen-bond donors (Lipinski definition) is 0. The van der Waals surface area contributed by atoms with E-state index in [9.17, 15) is 0 Å². The van der Waals surface area contributed by atoms with Gasteiger partial charge in [0.25, 0.3) is 0 Å². The molecule has 2 aliphatic heterocycles. The van der Waals surface area contributed by atoms with Gasteiger partial charge in [0, 0.05) is 59.1 Å². The van der Waals surface area contributed by atoms with Crippen LogP contribution >= 0.6 is 11.6 Å². The third-order valence-electron chi connectivity index (χ3n) is 6.24. The number of nitrogens with zero attached hydrogens (tertiary/aromatic N) is 4. The van der Waals surface area contributed by atoms with Crippen LogP contribution in [0.25, 0.3) is 10.9 Å². The molecule has 0 saturated carbocycles. The average molecular weight is 367 g/mol. The van der Waals surface area contributed by atoms with Gasteiger partial charge in [-0.3, -0.25) is 4.90 Å². The first-order valence-electron chi connectivity index (χ1n) is 9.42. The summed E-state index contributed by atoms with van der Waals surface area (Å²) in [5.41, 5.74) is 5.53. The third kappa shape index (κ3) is 2.47. The highest BCUT2D eigenvalue weighted by Gasteiger charge is 2.40. The fraction of sp³-hybridized carbons (Fsp3) is 0.429. The second kappa shape index (κ2) is 6.07. The molecule has 4 nitrogen and oxygen atoms in total. The summed E-state index contributed by atoms with van der Waals surface area (Å²) in [5, 5.41) is 2.16. The van der Waals surface area contributed by atoms with Crippen molar-refractivity contribution in [2.75, 3.05) is 7.05 Å². The number of aryl methyl sites for hydroxylation is 3. The highest BCUT2D eigenvalue weighted by Crippen LogP contribution is 2.47. The molecule has 0 spiro atoms. The Morgan fingerprint density at radius 3 is 2.81 bits per heavy atom. The molecule has 0 radical (unpaired) electrons. The Balaban J connectivity index is 1.59. The summed E-state index contributed by atoms with van der Waals surface area (Å²) >= 11 is 6.36. The molecule has 2 atom stereocenters. The Hall–Kier alpha value is -1.91. The maximum absolute atomic E-state index is 6.36.